The molecule has 0 saturated carbocycles. The van der Waals surface area contributed by atoms with Gasteiger partial charge in [-0.25, -0.2) is 31.6 Å². The fourth-order valence-electron chi connectivity index (χ4n) is 2.94. The number of anilines is 1. The van der Waals surface area contributed by atoms with Crippen molar-refractivity contribution in [2.24, 2.45) is 0 Å². The normalized spacial score (nSPS) is 11.6. The van der Waals surface area contributed by atoms with Crippen LogP contribution in [0.3, 0.4) is 0 Å². The van der Waals surface area contributed by atoms with Crippen molar-refractivity contribution in [3.05, 3.63) is 64.9 Å². The minimum Gasteiger partial charge on any atom is -0.288 e. The Balaban J connectivity index is 2.16. The van der Waals surface area contributed by atoms with Gasteiger partial charge in [-0.3, -0.25) is 9.52 Å². The third-order valence-electron chi connectivity index (χ3n) is 4.33. The first kappa shape index (κ1) is 20.7. The number of rotatable bonds is 6. The first-order valence-corrected chi connectivity index (χ1v) is 10.2. The number of aryl methyl sites for hydroxylation is 1. The van der Waals surface area contributed by atoms with Gasteiger partial charge in [-0.2, -0.15) is 0 Å². The number of carbonyl (C=O) groups is 1. The van der Waals surface area contributed by atoms with Crippen LogP contribution < -0.4 is 4.72 Å². The highest BCUT2D eigenvalue weighted by atomic mass is 32.2. The average molecular weight is 423 g/mol. The molecule has 0 aliphatic carbocycles. The van der Waals surface area contributed by atoms with Gasteiger partial charge in [0, 0.05) is 23.2 Å². The lowest BCUT2D eigenvalue weighted by molar-refractivity contribution is 0.102. The quantitative estimate of drug-likeness (QED) is 0.482. The molecular formula is C19H16F3N3O3S. The van der Waals surface area contributed by atoms with E-state index in [0.717, 1.165) is 0 Å². The number of aromatic nitrogens is 2. The maximum Gasteiger partial charge on any atom is 0.232 e. The number of halogens is 3. The molecule has 0 unspecified atom stereocenters. The lowest BCUT2D eigenvalue weighted by Crippen LogP contribution is -2.19. The van der Waals surface area contributed by atoms with Crippen molar-refractivity contribution in [2.45, 2.75) is 20.3 Å². The lowest BCUT2D eigenvalue weighted by Gasteiger charge is -2.13. The fourth-order valence-corrected chi connectivity index (χ4v) is 4.06. The molecule has 0 aliphatic rings. The van der Waals surface area contributed by atoms with Crippen LogP contribution in [0, 0.1) is 24.4 Å². The molecule has 1 aromatic heterocycles. The van der Waals surface area contributed by atoms with Crippen LogP contribution in [0.25, 0.3) is 10.9 Å². The monoisotopic (exact) mass is 423 g/mol. The van der Waals surface area contributed by atoms with E-state index in [1.165, 1.54) is 24.7 Å². The lowest BCUT2D eigenvalue weighted by atomic mass is 9.95. The highest BCUT2D eigenvalue weighted by molar-refractivity contribution is 7.92. The molecular weight excluding hydrogens is 407 g/mol. The number of nitrogens with zero attached hydrogens (tertiary/aromatic N) is 2. The van der Waals surface area contributed by atoms with Crippen molar-refractivity contribution < 1.29 is 26.4 Å². The maximum absolute atomic E-state index is 14.9. The van der Waals surface area contributed by atoms with Gasteiger partial charge in [0.15, 0.2) is 23.2 Å². The summed E-state index contributed by atoms with van der Waals surface area (Å²) in [7, 11) is -3.99. The Morgan fingerprint density at radius 1 is 1.17 bits per heavy atom. The Labute approximate surface area is 164 Å². The zero-order chi connectivity index (χ0) is 21.3. The number of hydrogen-bond donors (Lipinski definition) is 1. The number of nitrogens with one attached hydrogen (secondary N) is 1. The predicted octanol–water partition coefficient (Wildman–Crippen LogP) is 3.74. The molecule has 152 valence electrons. The second kappa shape index (κ2) is 7.78. The second-order valence-electron chi connectivity index (χ2n) is 6.35. The first-order chi connectivity index (χ1) is 13.7. The summed E-state index contributed by atoms with van der Waals surface area (Å²) in [4.78, 5) is 20.8. The average Bonchev–Trinajstić information content (AvgIpc) is 2.66. The number of sulfonamides is 1. The van der Waals surface area contributed by atoms with E-state index in [4.69, 9.17) is 0 Å². The van der Waals surface area contributed by atoms with E-state index in [9.17, 15) is 26.4 Å². The summed E-state index contributed by atoms with van der Waals surface area (Å²) >= 11 is 0. The molecule has 0 saturated heterocycles. The van der Waals surface area contributed by atoms with Gasteiger partial charge < -0.3 is 0 Å². The van der Waals surface area contributed by atoms with Crippen LogP contribution in [0.1, 0.15) is 34.8 Å². The van der Waals surface area contributed by atoms with Crippen LogP contribution in [-0.4, -0.2) is 29.9 Å². The molecule has 0 bridgehead atoms. The number of benzene rings is 2. The topological polar surface area (TPSA) is 89.0 Å². The summed E-state index contributed by atoms with van der Waals surface area (Å²) in [5.74, 6) is -6.21. The molecule has 3 rings (SSSR count). The highest BCUT2D eigenvalue weighted by Gasteiger charge is 2.28. The summed E-state index contributed by atoms with van der Waals surface area (Å²) in [5, 5.41) is 0.486. The van der Waals surface area contributed by atoms with Crippen molar-refractivity contribution in [1.82, 2.24) is 9.97 Å². The van der Waals surface area contributed by atoms with Gasteiger partial charge in [0.1, 0.15) is 6.33 Å². The van der Waals surface area contributed by atoms with Crippen molar-refractivity contribution in [3.63, 3.8) is 0 Å². The molecule has 29 heavy (non-hydrogen) atoms. The molecule has 3 aromatic rings. The zero-order valence-electron chi connectivity index (χ0n) is 15.5. The largest absolute Gasteiger partial charge is 0.288 e. The molecule has 0 aliphatic heterocycles. The van der Waals surface area contributed by atoms with E-state index < -0.39 is 44.5 Å². The third kappa shape index (κ3) is 3.93. The zero-order valence-corrected chi connectivity index (χ0v) is 16.3. The van der Waals surface area contributed by atoms with Gasteiger partial charge in [-0.05, 0) is 31.0 Å². The molecule has 10 heteroatoms. The summed E-state index contributed by atoms with van der Waals surface area (Å²) in [6.07, 6.45) is 2.98. The predicted molar refractivity (Wildman–Crippen MR) is 102 cm³/mol. The number of ketones is 1. The van der Waals surface area contributed by atoms with Crippen molar-refractivity contribution in [1.29, 1.82) is 0 Å². The first-order valence-electron chi connectivity index (χ1n) is 8.58. The molecule has 2 aromatic carbocycles. The van der Waals surface area contributed by atoms with Crippen LogP contribution in [-0.2, 0) is 10.0 Å². The highest BCUT2D eigenvalue weighted by Crippen LogP contribution is 2.29. The Hall–Kier alpha value is -3.01. The maximum atomic E-state index is 14.9. The minimum atomic E-state index is -3.99. The molecule has 0 fully saturated rings. The van der Waals surface area contributed by atoms with Crippen molar-refractivity contribution >= 4 is 32.4 Å². The molecule has 0 spiro atoms. The van der Waals surface area contributed by atoms with Crippen LogP contribution in [0.5, 0.6) is 0 Å². The Morgan fingerprint density at radius 3 is 2.59 bits per heavy atom. The van der Waals surface area contributed by atoms with E-state index in [-0.39, 0.29) is 17.7 Å². The van der Waals surface area contributed by atoms with Gasteiger partial charge >= 0.3 is 0 Å². The SMILES string of the molecule is CCCS(=O)(=O)Nc1cc(F)c(F)c(C(=O)c2ccc3ncncc3c2C)c1F. The summed E-state index contributed by atoms with van der Waals surface area (Å²) in [6.45, 7) is 3.13. The summed E-state index contributed by atoms with van der Waals surface area (Å²) < 4.78 is 69.0. The molecule has 0 atom stereocenters. The standard InChI is InChI=1S/C19H16F3N3O3S/c1-3-6-29(27,28)25-15-7-13(20)17(21)16(18(15)22)19(26)11-4-5-14-12(10(11)2)8-23-9-24-14/h4-5,7-9,25H,3,6H2,1-2H3. The fraction of sp³-hybridized carbons (Fsp3) is 0.211. The summed E-state index contributed by atoms with van der Waals surface area (Å²) in [5.41, 5.74) is -1.23. The Morgan fingerprint density at radius 2 is 1.90 bits per heavy atom. The second-order valence-corrected chi connectivity index (χ2v) is 8.19. The van der Waals surface area contributed by atoms with E-state index in [1.54, 1.807) is 13.8 Å². The molecule has 0 radical (unpaired) electrons. The van der Waals surface area contributed by atoms with E-state index in [1.807, 2.05) is 4.72 Å². The van der Waals surface area contributed by atoms with E-state index in [2.05, 4.69) is 9.97 Å². The van der Waals surface area contributed by atoms with E-state index in [0.29, 0.717) is 22.5 Å². The van der Waals surface area contributed by atoms with Gasteiger partial charge in [-0.15, -0.1) is 0 Å². The van der Waals surface area contributed by atoms with Crippen LogP contribution in [0.15, 0.2) is 30.7 Å². The Bertz CT molecular complexity index is 1230. The third-order valence-corrected chi connectivity index (χ3v) is 5.80. The molecule has 1 heterocycles. The van der Waals surface area contributed by atoms with Gasteiger partial charge in [0.25, 0.3) is 0 Å². The summed E-state index contributed by atoms with van der Waals surface area (Å²) in [6, 6.07) is 3.16. The van der Waals surface area contributed by atoms with Crippen LogP contribution >= 0.6 is 0 Å². The van der Waals surface area contributed by atoms with Crippen LogP contribution in [0.4, 0.5) is 18.9 Å². The molecule has 0 amide bonds. The van der Waals surface area contributed by atoms with Gasteiger partial charge in [0.05, 0.1) is 22.5 Å². The van der Waals surface area contributed by atoms with Gasteiger partial charge in [0.2, 0.25) is 10.0 Å². The van der Waals surface area contributed by atoms with Gasteiger partial charge in [-0.1, -0.05) is 6.92 Å². The number of hydrogen-bond acceptors (Lipinski definition) is 5. The Kier molecular flexibility index (Phi) is 5.56. The number of carbonyl (C=O) groups excluding carboxylic acids is 1. The smallest absolute Gasteiger partial charge is 0.232 e. The van der Waals surface area contributed by atoms with Crippen molar-refractivity contribution in [3.8, 4) is 0 Å². The van der Waals surface area contributed by atoms with Crippen molar-refractivity contribution in [2.75, 3.05) is 10.5 Å². The minimum absolute atomic E-state index is 0.0851. The number of fused-ring (bicyclic) bond motifs is 1. The molecule has 1 N–H and O–H groups in total. The molecule has 6 nitrogen and oxygen atoms in total. The van der Waals surface area contributed by atoms with E-state index >= 15 is 0 Å². The van der Waals surface area contributed by atoms with Crippen LogP contribution in [0.2, 0.25) is 0 Å².